The van der Waals surface area contributed by atoms with Crippen LogP contribution in [-0.4, -0.2) is 18.7 Å². The van der Waals surface area contributed by atoms with E-state index in [0.717, 1.165) is 24.9 Å². The number of anilines is 1. The van der Waals surface area contributed by atoms with Gasteiger partial charge in [-0.15, -0.1) is 0 Å². The van der Waals surface area contributed by atoms with Crippen molar-refractivity contribution in [2.24, 2.45) is 0 Å². The van der Waals surface area contributed by atoms with E-state index in [2.05, 4.69) is 24.1 Å². The zero-order valence-electron chi connectivity index (χ0n) is 12.2. The molecule has 1 heterocycles. The third-order valence-electron chi connectivity index (χ3n) is 4.21. The number of nitrogens with zero attached hydrogens (tertiary/aromatic N) is 1. The third-order valence-corrected chi connectivity index (χ3v) is 4.21. The Kier molecular flexibility index (Phi) is 3.93. The summed E-state index contributed by atoms with van der Waals surface area (Å²) in [5.74, 6) is -0.255. The van der Waals surface area contributed by atoms with E-state index in [1.54, 1.807) is 18.2 Å². The van der Waals surface area contributed by atoms with Gasteiger partial charge in [0.1, 0.15) is 5.82 Å². The Morgan fingerprint density at radius 3 is 2.86 bits per heavy atom. The topological polar surface area (TPSA) is 23.5 Å². The first-order valence-corrected chi connectivity index (χ1v) is 7.40. The minimum atomic E-state index is -0.667. The van der Waals surface area contributed by atoms with E-state index >= 15 is 0 Å². The molecule has 0 aliphatic carbocycles. The van der Waals surface area contributed by atoms with E-state index in [-0.39, 0.29) is 5.82 Å². The van der Waals surface area contributed by atoms with E-state index in [0.29, 0.717) is 12.0 Å². The highest BCUT2D eigenvalue weighted by atomic mass is 19.1. The Morgan fingerprint density at radius 1 is 1.24 bits per heavy atom. The molecule has 1 aliphatic heterocycles. The number of aliphatic hydroxyl groups excluding tert-OH is 1. The average molecular weight is 285 g/mol. The number of halogens is 1. The fraction of sp³-hybridized carbons (Fsp3) is 0.333. The zero-order valence-corrected chi connectivity index (χ0v) is 12.2. The molecule has 0 bridgehead atoms. The largest absolute Gasteiger partial charge is 0.388 e. The number of hydrogen-bond donors (Lipinski definition) is 1. The van der Waals surface area contributed by atoms with Crippen molar-refractivity contribution in [2.75, 3.05) is 18.5 Å². The Hall–Kier alpha value is -1.87. The second-order valence-corrected chi connectivity index (χ2v) is 5.72. The predicted octanol–water partition coefficient (Wildman–Crippen LogP) is 3.48. The van der Waals surface area contributed by atoms with E-state index in [1.165, 1.54) is 17.3 Å². The van der Waals surface area contributed by atoms with Crippen LogP contribution in [0.3, 0.4) is 0 Å². The molecule has 2 aromatic rings. The van der Waals surface area contributed by atoms with Gasteiger partial charge in [0.2, 0.25) is 0 Å². The standard InChI is InChI=1S/C18H20FNO/c1-20-10-4-6-14-11-15(8-9-17(14)20)18(21)12-13-5-2-3-7-16(13)19/h2-3,5,7-9,11,18,21H,4,6,10,12H2,1H3. The van der Waals surface area contributed by atoms with E-state index in [9.17, 15) is 9.50 Å². The monoisotopic (exact) mass is 285 g/mol. The maximum atomic E-state index is 13.7. The molecular formula is C18H20FNO. The maximum Gasteiger partial charge on any atom is 0.126 e. The maximum absolute atomic E-state index is 13.7. The third kappa shape index (κ3) is 2.93. The number of aryl methyl sites for hydroxylation is 1. The molecule has 2 aromatic carbocycles. The highest BCUT2D eigenvalue weighted by Crippen LogP contribution is 2.30. The molecule has 1 atom stereocenters. The second kappa shape index (κ2) is 5.86. The van der Waals surface area contributed by atoms with Crippen LogP contribution in [0.25, 0.3) is 0 Å². The Morgan fingerprint density at radius 2 is 2.05 bits per heavy atom. The van der Waals surface area contributed by atoms with E-state index in [1.807, 2.05) is 6.07 Å². The molecule has 3 rings (SSSR count). The normalized spacial score (nSPS) is 15.7. The van der Waals surface area contributed by atoms with E-state index < -0.39 is 6.10 Å². The van der Waals surface area contributed by atoms with Crippen LogP contribution in [0, 0.1) is 5.82 Å². The van der Waals surface area contributed by atoms with Crippen LogP contribution < -0.4 is 4.90 Å². The molecule has 0 radical (unpaired) electrons. The van der Waals surface area contributed by atoms with Gasteiger partial charge >= 0.3 is 0 Å². The van der Waals surface area contributed by atoms with Crippen molar-refractivity contribution in [3.05, 3.63) is 65.0 Å². The SMILES string of the molecule is CN1CCCc2cc(C(O)Cc3ccccc3F)ccc21. The van der Waals surface area contributed by atoms with Crippen LogP contribution in [0.4, 0.5) is 10.1 Å². The van der Waals surface area contributed by atoms with Crippen LogP contribution in [0.15, 0.2) is 42.5 Å². The van der Waals surface area contributed by atoms with Crippen LogP contribution in [0.5, 0.6) is 0 Å². The van der Waals surface area contributed by atoms with Gasteiger partial charge in [-0.1, -0.05) is 30.3 Å². The first-order chi connectivity index (χ1) is 10.1. The highest BCUT2D eigenvalue weighted by molar-refractivity contribution is 5.56. The number of aliphatic hydroxyl groups is 1. The van der Waals surface area contributed by atoms with Gasteiger partial charge in [0.25, 0.3) is 0 Å². The molecule has 3 heteroatoms. The first kappa shape index (κ1) is 14.1. The van der Waals surface area contributed by atoms with Crippen molar-refractivity contribution in [2.45, 2.75) is 25.4 Å². The number of hydrogen-bond acceptors (Lipinski definition) is 2. The molecule has 0 spiro atoms. The fourth-order valence-corrected chi connectivity index (χ4v) is 3.00. The van der Waals surface area contributed by atoms with Gasteiger partial charge < -0.3 is 10.0 Å². The lowest BCUT2D eigenvalue weighted by atomic mass is 9.95. The van der Waals surface area contributed by atoms with Crippen LogP contribution >= 0.6 is 0 Å². The summed E-state index contributed by atoms with van der Waals surface area (Å²) in [6.07, 6.45) is 1.82. The number of benzene rings is 2. The van der Waals surface area contributed by atoms with Crippen LogP contribution in [0.1, 0.15) is 29.2 Å². The van der Waals surface area contributed by atoms with Gasteiger partial charge in [0, 0.05) is 25.7 Å². The van der Waals surface area contributed by atoms with Gasteiger partial charge in [-0.25, -0.2) is 4.39 Å². The van der Waals surface area contributed by atoms with Crippen LogP contribution in [-0.2, 0) is 12.8 Å². The Bertz CT molecular complexity index is 641. The minimum absolute atomic E-state index is 0.255. The Balaban J connectivity index is 1.82. The van der Waals surface area contributed by atoms with Gasteiger partial charge in [-0.2, -0.15) is 0 Å². The molecule has 0 aromatic heterocycles. The van der Waals surface area contributed by atoms with Gasteiger partial charge in [0.05, 0.1) is 6.10 Å². The molecule has 1 aliphatic rings. The van der Waals surface area contributed by atoms with Gasteiger partial charge in [-0.3, -0.25) is 0 Å². The summed E-state index contributed by atoms with van der Waals surface area (Å²) in [5, 5.41) is 10.4. The molecule has 110 valence electrons. The molecule has 0 saturated carbocycles. The molecule has 2 nitrogen and oxygen atoms in total. The molecule has 1 N–H and O–H groups in total. The summed E-state index contributed by atoms with van der Waals surface area (Å²) >= 11 is 0. The summed E-state index contributed by atoms with van der Waals surface area (Å²) in [5.41, 5.74) is 3.93. The molecule has 0 saturated heterocycles. The highest BCUT2D eigenvalue weighted by Gasteiger charge is 2.17. The molecule has 0 fully saturated rings. The number of fused-ring (bicyclic) bond motifs is 1. The van der Waals surface area contributed by atoms with Crippen molar-refractivity contribution < 1.29 is 9.50 Å². The summed E-state index contributed by atoms with van der Waals surface area (Å²) < 4.78 is 13.7. The molecular weight excluding hydrogens is 265 g/mol. The predicted molar refractivity (Wildman–Crippen MR) is 83.1 cm³/mol. The van der Waals surface area contributed by atoms with Crippen molar-refractivity contribution in [3.8, 4) is 0 Å². The Labute approximate surface area is 124 Å². The zero-order chi connectivity index (χ0) is 14.8. The summed E-state index contributed by atoms with van der Waals surface area (Å²) in [7, 11) is 2.09. The van der Waals surface area contributed by atoms with E-state index in [4.69, 9.17) is 0 Å². The van der Waals surface area contributed by atoms with Crippen LogP contribution in [0.2, 0.25) is 0 Å². The average Bonchev–Trinajstić information content (AvgIpc) is 2.49. The molecule has 21 heavy (non-hydrogen) atoms. The summed E-state index contributed by atoms with van der Waals surface area (Å²) in [6, 6.07) is 12.7. The lowest BCUT2D eigenvalue weighted by Crippen LogP contribution is -2.24. The van der Waals surface area contributed by atoms with Crippen molar-refractivity contribution in [1.29, 1.82) is 0 Å². The second-order valence-electron chi connectivity index (χ2n) is 5.72. The smallest absolute Gasteiger partial charge is 0.126 e. The van der Waals surface area contributed by atoms with Gasteiger partial charge in [0.15, 0.2) is 0 Å². The summed E-state index contributed by atoms with van der Waals surface area (Å²) in [6.45, 7) is 1.07. The molecule has 0 amide bonds. The van der Waals surface area contributed by atoms with Gasteiger partial charge in [-0.05, 0) is 41.7 Å². The van der Waals surface area contributed by atoms with Crippen molar-refractivity contribution in [3.63, 3.8) is 0 Å². The minimum Gasteiger partial charge on any atom is -0.388 e. The quantitative estimate of drug-likeness (QED) is 0.933. The fourth-order valence-electron chi connectivity index (χ4n) is 3.00. The van der Waals surface area contributed by atoms with Crippen molar-refractivity contribution in [1.82, 2.24) is 0 Å². The lowest BCUT2D eigenvalue weighted by molar-refractivity contribution is 0.177. The first-order valence-electron chi connectivity index (χ1n) is 7.40. The van der Waals surface area contributed by atoms with Crippen molar-refractivity contribution >= 4 is 5.69 Å². The number of rotatable bonds is 3. The summed E-state index contributed by atoms with van der Waals surface area (Å²) in [4.78, 5) is 2.24. The lowest BCUT2D eigenvalue weighted by Gasteiger charge is -2.28. The molecule has 1 unspecified atom stereocenters.